The summed E-state index contributed by atoms with van der Waals surface area (Å²) in [6, 6.07) is 8.69. The maximum atomic E-state index is 11.2. The van der Waals surface area contributed by atoms with E-state index in [9.17, 15) is 4.79 Å². The number of carbonyl (C=O) groups is 1. The summed E-state index contributed by atoms with van der Waals surface area (Å²) < 4.78 is 4.73. The standard InChI is InChI=1S/C9H7NO2S/c11-9(12-6-10-7-13)8-4-2-1-3-5-8/h1-5H,6H2. The van der Waals surface area contributed by atoms with Crippen molar-refractivity contribution in [3.8, 4) is 0 Å². The molecule has 1 aromatic carbocycles. The number of hydrogen-bond acceptors (Lipinski definition) is 4. The van der Waals surface area contributed by atoms with Crippen LogP contribution in [0.1, 0.15) is 10.4 Å². The predicted molar refractivity (Wildman–Crippen MR) is 51.8 cm³/mol. The second-order valence-corrected chi connectivity index (χ2v) is 2.36. The molecule has 0 amide bonds. The van der Waals surface area contributed by atoms with Crippen LogP contribution in [0.2, 0.25) is 0 Å². The summed E-state index contributed by atoms with van der Waals surface area (Å²) in [5, 5.41) is 2.11. The van der Waals surface area contributed by atoms with Gasteiger partial charge in [0.1, 0.15) is 0 Å². The van der Waals surface area contributed by atoms with E-state index in [1.165, 1.54) is 0 Å². The molecule has 0 fully saturated rings. The highest BCUT2D eigenvalue weighted by molar-refractivity contribution is 7.78. The van der Waals surface area contributed by atoms with Gasteiger partial charge in [-0.1, -0.05) is 18.2 Å². The fraction of sp³-hybridized carbons (Fsp3) is 0.111. The Hall–Kier alpha value is -1.51. The molecule has 66 valence electrons. The number of thiocarbonyl (C=S) groups is 1. The van der Waals surface area contributed by atoms with Gasteiger partial charge in [-0.3, -0.25) is 0 Å². The molecule has 0 aromatic heterocycles. The number of hydrogen-bond donors (Lipinski definition) is 0. The molecule has 0 radical (unpaired) electrons. The van der Waals surface area contributed by atoms with Gasteiger partial charge in [0.05, 0.1) is 10.7 Å². The number of aliphatic imine (C=N–C) groups is 1. The van der Waals surface area contributed by atoms with Gasteiger partial charge in [-0.25, -0.2) is 4.79 Å². The van der Waals surface area contributed by atoms with Gasteiger partial charge in [-0.2, -0.15) is 4.99 Å². The Morgan fingerprint density at radius 2 is 2.15 bits per heavy atom. The van der Waals surface area contributed by atoms with Crippen LogP contribution in [0, 0.1) is 0 Å². The van der Waals surface area contributed by atoms with Crippen molar-refractivity contribution in [2.45, 2.75) is 0 Å². The second-order valence-electron chi connectivity index (χ2n) is 2.18. The lowest BCUT2D eigenvalue weighted by atomic mass is 10.2. The van der Waals surface area contributed by atoms with Gasteiger partial charge >= 0.3 is 5.97 Å². The molecule has 1 rings (SSSR count). The Labute approximate surface area is 81.1 Å². The van der Waals surface area contributed by atoms with Crippen LogP contribution in [0.25, 0.3) is 0 Å². The van der Waals surface area contributed by atoms with E-state index in [2.05, 4.69) is 22.4 Å². The third kappa shape index (κ3) is 3.15. The van der Waals surface area contributed by atoms with E-state index in [0.29, 0.717) is 5.56 Å². The number of nitrogens with zero attached hydrogens (tertiary/aromatic N) is 1. The molecule has 13 heavy (non-hydrogen) atoms. The Balaban J connectivity index is 2.54. The summed E-state index contributed by atoms with van der Waals surface area (Å²) in [6.45, 7) is -0.0722. The molecule has 1 aromatic rings. The van der Waals surface area contributed by atoms with Crippen LogP contribution >= 0.6 is 12.2 Å². The van der Waals surface area contributed by atoms with Crippen molar-refractivity contribution in [1.29, 1.82) is 0 Å². The molecule has 0 saturated carbocycles. The average Bonchev–Trinajstić information content (AvgIpc) is 2.19. The van der Waals surface area contributed by atoms with Crippen LogP contribution in [0.4, 0.5) is 0 Å². The zero-order valence-electron chi connectivity index (χ0n) is 6.77. The SMILES string of the molecule is O=C(OCN=C=S)c1ccccc1. The Bertz CT molecular complexity index is 331. The molecule has 0 heterocycles. The van der Waals surface area contributed by atoms with Crippen molar-refractivity contribution in [2.75, 3.05) is 6.73 Å². The molecule has 0 atom stereocenters. The number of rotatable bonds is 3. The molecule has 0 aliphatic heterocycles. The summed E-state index contributed by atoms with van der Waals surface area (Å²) in [5.74, 6) is -0.408. The number of benzene rings is 1. The van der Waals surface area contributed by atoms with Gasteiger partial charge in [0, 0.05) is 0 Å². The summed E-state index contributed by atoms with van der Waals surface area (Å²) in [4.78, 5) is 14.6. The van der Waals surface area contributed by atoms with Gasteiger partial charge in [0.2, 0.25) is 0 Å². The van der Waals surface area contributed by atoms with Gasteiger partial charge in [-0.15, -0.1) is 0 Å². The molecule has 0 unspecified atom stereocenters. The zero-order chi connectivity index (χ0) is 9.52. The van der Waals surface area contributed by atoms with E-state index in [-0.39, 0.29) is 6.73 Å². The van der Waals surface area contributed by atoms with E-state index >= 15 is 0 Å². The molecule has 0 N–H and O–H groups in total. The Kier molecular flexibility index (Phi) is 3.82. The van der Waals surface area contributed by atoms with Crippen molar-refractivity contribution in [3.63, 3.8) is 0 Å². The van der Waals surface area contributed by atoms with Crippen LogP contribution in [-0.2, 0) is 4.74 Å². The van der Waals surface area contributed by atoms with Crippen molar-refractivity contribution < 1.29 is 9.53 Å². The zero-order valence-corrected chi connectivity index (χ0v) is 7.58. The molecule has 0 bridgehead atoms. The lowest BCUT2D eigenvalue weighted by Crippen LogP contribution is -2.04. The molecular formula is C9H7NO2S. The van der Waals surface area contributed by atoms with Crippen molar-refractivity contribution in [2.24, 2.45) is 4.99 Å². The number of carbonyl (C=O) groups excluding carboxylic acids is 1. The molecule has 0 saturated heterocycles. The van der Waals surface area contributed by atoms with Crippen LogP contribution < -0.4 is 0 Å². The smallest absolute Gasteiger partial charge is 0.339 e. The van der Waals surface area contributed by atoms with E-state index < -0.39 is 5.97 Å². The topological polar surface area (TPSA) is 38.7 Å². The van der Waals surface area contributed by atoms with E-state index in [1.807, 2.05) is 6.07 Å². The third-order valence-electron chi connectivity index (χ3n) is 1.33. The monoisotopic (exact) mass is 193 g/mol. The fourth-order valence-corrected chi connectivity index (χ4v) is 0.828. The fourth-order valence-electron chi connectivity index (χ4n) is 0.775. The minimum absolute atomic E-state index is 0.0722. The lowest BCUT2D eigenvalue weighted by Gasteiger charge is -1.99. The highest BCUT2D eigenvalue weighted by Gasteiger charge is 2.03. The highest BCUT2D eigenvalue weighted by Crippen LogP contribution is 2.00. The first kappa shape index (κ1) is 9.58. The van der Waals surface area contributed by atoms with Crippen LogP contribution in [0.15, 0.2) is 35.3 Å². The minimum atomic E-state index is -0.408. The first-order valence-electron chi connectivity index (χ1n) is 3.60. The lowest BCUT2D eigenvalue weighted by molar-refractivity contribution is 0.0518. The van der Waals surface area contributed by atoms with Crippen molar-refractivity contribution in [3.05, 3.63) is 35.9 Å². The van der Waals surface area contributed by atoms with Crippen LogP contribution in [0.3, 0.4) is 0 Å². The van der Waals surface area contributed by atoms with Crippen LogP contribution in [-0.4, -0.2) is 17.9 Å². The summed E-state index contributed by atoms with van der Waals surface area (Å²) in [7, 11) is 0. The van der Waals surface area contributed by atoms with E-state index in [1.54, 1.807) is 24.3 Å². The molecule has 3 nitrogen and oxygen atoms in total. The van der Waals surface area contributed by atoms with Gasteiger partial charge in [-0.05, 0) is 24.4 Å². The third-order valence-corrected chi connectivity index (χ3v) is 1.46. The molecule has 0 aliphatic rings. The number of esters is 1. The second kappa shape index (κ2) is 5.19. The van der Waals surface area contributed by atoms with E-state index in [0.717, 1.165) is 0 Å². The quantitative estimate of drug-likeness (QED) is 0.418. The minimum Gasteiger partial charge on any atom is -0.438 e. The largest absolute Gasteiger partial charge is 0.438 e. The van der Waals surface area contributed by atoms with Crippen LogP contribution in [0.5, 0.6) is 0 Å². The molecular weight excluding hydrogens is 186 g/mol. The van der Waals surface area contributed by atoms with E-state index in [4.69, 9.17) is 4.74 Å². The molecule has 0 spiro atoms. The predicted octanol–water partition coefficient (Wildman–Crippen LogP) is 1.90. The first-order valence-corrected chi connectivity index (χ1v) is 4.01. The summed E-state index contributed by atoms with van der Waals surface area (Å²) >= 11 is 4.31. The maximum Gasteiger partial charge on any atom is 0.339 e. The number of isothiocyanates is 1. The summed E-state index contributed by atoms with van der Waals surface area (Å²) in [5.41, 5.74) is 0.502. The molecule has 4 heteroatoms. The Morgan fingerprint density at radius 1 is 1.46 bits per heavy atom. The van der Waals surface area contributed by atoms with Gasteiger partial charge in [0.25, 0.3) is 0 Å². The summed E-state index contributed by atoms with van der Waals surface area (Å²) in [6.07, 6.45) is 0. The maximum absolute atomic E-state index is 11.2. The van der Waals surface area contributed by atoms with Crippen molar-refractivity contribution >= 4 is 23.3 Å². The van der Waals surface area contributed by atoms with Gasteiger partial charge in [0.15, 0.2) is 6.73 Å². The normalized spacial score (nSPS) is 8.62. The Morgan fingerprint density at radius 3 is 2.77 bits per heavy atom. The number of ether oxygens (including phenoxy) is 1. The average molecular weight is 193 g/mol. The highest BCUT2D eigenvalue weighted by atomic mass is 32.1. The first-order chi connectivity index (χ1) is 6.34. The van der Waals surface area contributed by atoms with Gasteiger partial charge < -0.3 is 4.74 Å². The molecule has 0 aliphatic carbocycles. The van der Waals surface area contributed by atoms with Crippen molar-refractivity contribution in [1.82, 2.24) is 0 Å².